The minimum absolute atomic E-state index is 0.0455. The van der Waals surface area contributed by atoms with Crippen LogP contribution in [0.15, 0.2) is 93.2 Å². The topological polar surface area (TPSA) is 126 Å². The Morgan fingerprint density at radius 1 is 1.07 bits per heavy atom. The third-order valence-corrected chi connectivity index (χ3v) is 9.10. The minimum Gasteiger partial charge on any atom is -0.494 e. The molecule has 0 fully saturated rings. The molecular weight excluding hydrogens is 610 g/mol. The van der Waals surface area contributed by atoms with Gasteiger partial charge in [0, 0.05) is 29.6 Å². The summed E-state index contributed by atoms with van der Waals surface area (Å²) >= 11 is 3.42. The molecule has 3 aromatic rings. The second-order valence-electron chi connectivity index (χ2n) is 9.69. The van der Waals surface area contributed by atoms with E-state index in [1.165, 1.54) is 0 Å². The molecule has 0 saturated carbocycles. The number of hydrazine groups is 1. The second kappa shape index (κ2) is 14.1. The fourth-order valence-corrected chi connectivity index (χ4v) is 6.05. The van der Waals surface area contributed by atoms with Crippen molar-refractivity contribution in [3.63, 3.8) is 0 Å². The average Bonchev–Trinajstić information content (AvgIpc) is 3.33. The van der Waals surface area contributed by atoms with Gasteiger partial charge >= 0.3 is 0 Å². The summed E-state index contributed by atoms with van der Waals surface area (Å²) in [5.74, 6) is 0.122. The Hall–Kier alpha value is -3.25. The van der Waals surface area contributed by atoms with Crippen molar-refractivity contribution < 1.29 is 27.8 Å². The van der Waals surface area contributed by atoms with Gasteiger partial charge < -0.3 is 14.6 Å². The van der Waals surface area contributed by atoms with Crippen LogP contribution in [0.1, 0.15) is 30.9 Å². The molecular formula is C30H34BrN3O6S. The van der Waals surface area contributed by atoms with Crippen molar-refractivity contribution in [2.75, 3.05) is 25.5 Å². The largest absolute Gasteiger partial charge is 0.494 e. The number of ether oxygens (including phenoxy) is 2. The number of carbonyl (C=O) groups is 1. The van der Waals surface area contributed by atoms with E-state index in [9.17, 15) is 13.2 Å². The van der Waals surface area contributed by atoms with Crippen LogP contribution in [0, 0.1) is 0 Å². The van der Waals surface area contributed by atoms with Crippen LogP contribution in [0.4, 0.5) is 0 Å². The Kier molecular flexibility index (Phi) is 10.5. The quantitative estimate of drug-likeness (QED) is 0.180. The number of carbonyl (C=O) groups excluding carboxylic acids is 1. The van der Waals surface area contributed by atoms with Crippen LogP contribution in [-0.2, 0) is 25.8 Å². The van der Waals surface area contributed by atoms with Gasteiger partial charge in [0.05, 0.1) is 17.3 Å². The van der Waals surface area contributed by atoms with Crippen LogP contribution in [-0.4, -0.2) is 62.5 Å². The van der Waals surface area contributed by atoms with Gasteiger partial charge in [0.15, 0.2) is 15.4 Å². The van der Waals surface area contributed by atoms with E-state index in [1.807, 2.05) is 24.3 Å². The summed E-state index contributed by atoms with van der Waals surface area (Å²) in [6.45, 7) is 2.62. The molecule has 0 bridgehead atoms. The number of amides is 1. The summed E-state index contributed by atoms with van der Waals surface area (Å²) in [4.78, 5) is 18.6. The smallest absolute Gasteiger partial charge is 0.266 e. The zero-order valence-electron chi connectivity index (χ0n) is 22.8. The van der Waals surface area contributed by atoms with Gasteiger partial charge in [-0.1, -0.05) is 46.3 Å². The fraction of sp³-hybridized carbons (Fsp3) is 0.333. The average molecular weight is 645 g/mol. The van der Waals surface area contributed by atoms with E-state index in [0.717, 1.165) is 10.0 Å². The molecule has 0 unspecified atom stereocenters. The van der Waals surface area contributed by atoms with E-state index in [2.05, 4.69) is 26.8 Å². The Morgan fingerprint density at radius 3 is 2.46 bits per heavy atom. The summed E-state index contributed by atoms with van der Waals surface area (Å²) in [5, 5.41) is 8.95. The summed E-state index contributed by atoms with van der Waals surface area (Å²) in [6.07, 6.45) is 0.404. The van der Waals surface area contributed by atoms with E-state index >= 15 is 0 Å². The third-order valence-electron chi connectivity index (χ3n) is 6.84. The molecule has 41 heavy (non-hydrogen) atoms. The highest BCUT2D eigenvalue weighted by atomic mass is 79.9. The first-order valence-corrected chi connectivity index (χ1v) is 15.8. The molecule has 1 heterocycles. The maximum absolute atomic E-state index is 13.7. The van der Waals surface area contributed by atoms with E-state index in [0.29, 0.717) is 37.3 Å². The molecule has 3 aromatic carbocycles. The molecule has 0 aliphatic carbocycles. The molecule has 2 atom stereocenters. The lowest BCUT2D eigenvalue weighted by Gasteiger charge is -2.28. The lowest BCUT2D eigenvalue weighted by molar-refractivity contribution is -0.129. The molecule has 0 radical (unpaired) electrons. The highest BCUT2D eigenvalue weighted by molar-refractivity contribution is 9.10. The molecule has 1 aliphatic rings. The molecule has 1 aliphatic heterocycles. The van der Waals surface area contributed by atoms with Crippen molar-refractivity contribution in [1.29, 1.82) is 0 Å². The first-order chi connectivity index (χ1) is 19.7. The maximum atomic E-state index is 13.7. The van der Waals surface area contributed by atoms with Gasteiger partial charge in [0.25, 0.3) is 5.91 Å². The first kappa shape index (κ1) is 30.7. The van der Waals surface area contributed by atoms with Gasteiger partial charge in [-0.2, -0.15) is 0 Å². The van der Waals surface area contributed by atoms with Crippen LogP contribution >= 0.6 is 15.9 Å². The number of rotatable bonds is 14. The van der Waals surface area contributed by atoms with Crippen LogP contribution in [0.25, 0.3) is 0 Å². The van der Waals surface area contributed by atoms with Gasteiger partial charge in [-0.15, -0.1) is 0 Å². The molecule has 4 rings (SSSR count). The number of aliphatic imine (C=N–C) groups is 1. The SMILES string of the molecule is C[C@@H]1OC(c2ccc(OCCCO)cc2)=N[C@]1(CCS(=O)(=O)c1ccccc1)C(=O)NNCCc1ccc(Br)cc1. The molecule has 9 nitrogen and oxygen atoms in total. The van der Waals surface area contributed by atoms with Crippen LogP contribution in [0.2, 0.25) is 0 Å². The predicted molar refractivity (Wildman–Crippen MR) is 161 cm³/mol. The lowest BCUT2D eigenvalue weighted by Crippen LogP contribution is -2.55. The van der Waals surface area contributed by atoms with E-state index in [4.69, 9.17) is 19.6 Å². The number of nitrogens with zero attached hydrogens (tertiary/aromatic N) is 1. The number of halogens is 1. The summed E-state index contributed by atoms with van der Waals surface area (Å²) < 4.78 is 38.9. The molecule has 3 N–H and O–H groups in total. The number of aliphatic hydroxyl groups is 1. The number of sulfone groups is 1. The molecule has 0 spiro atoms. The van der Waals surface area contributed by atoms with Gasteiger partial charge in [0.2, 0.25) is 5.90 Å². The lowest BCUT2D eigenvalue weighted by atomic mass is 9.90. The highest BCUT2D eigenvalue weighted by Gasteiger charge is 2.50. The molecule has 1 amide bonds. The number of nitrogens with one attached hydrogen (secondary N) is 2. The van der Waals surface area contributed by atoms with Crippen LogP contribution in [0.5, 0.6) is 5.75 Å². The number of aliphatic hydroxyl groups excluding tert-OH is 1. The van der Waals surface area contributed by atoms with Crippen molar-refractivity contribution in [2.45, 2.75) is 42.7 Å². The number of hydrogen-bond acceptors (Lipinski definition) is 8. The highest BCUT2D eigenvalue weighted by Crippen LogP contribution is 2.33. The Bertz CT molecular complexity index is 1430. The maximum Gasteiger partial charge on any atom is 0.266 e. The Balaban J connectivity index is 1.52. The van der Waals surface area contributed by atoms with Gasteiger partial charge in [-0.25, -0.2) is 18.8 Å². The normalized spacial score (nSPS) is 18.4. The van der Waals surface area contributed by atoms with Crippen LogP contribution < -0.4 is 15.6 Å². The molecule has 0 saturated heterocycles. The molecule has 0 aromatic heterocycles. The van der Waals surface area contributed by atoms with Crippen molar-refractivity contribution in [1.82, 2.24) is 10.9 Å². The van der Waals surface area contributed by atoms with Gasteiger partial charge in [-0.3, -0.25) is 10.2 Å². The molecule has 11 heteroatoms. The minimum atomic E-state index is -3.67. The van der Waals surface area contributed by atoms with Crippen molar-refractivity contribution in [3.05, 3.63) is 94.5 Å². The standard InChI is InChI=1S/C30H34BrN3O6S/c1-22-30(17-21-41(37,38)27-6-3-2-4-7-27,29(36)34-32-18-16-23-8-12-25(31)13-9-23)33-28(40-22)24-10-14-26(15-11-24)39-20-5-19-35/h2-4,6-15,22,32,35H,5,16-21H2,1H3,(H,34,36)/t22-,30-/m0/s1. The summed E-state index contributed by atoms with van der Waals surface area (Å²) in [7, 11) is -3.67. The summed E-state index contributed by atoms with van der Waals surface area (Å²) in [5.41, 5.74) is 5.97. The fourth-order valence-electron chi connectivity index (χ4n) is 4.40. The number of benzene rings is 3. The predicted octanol–water partition coefficient (Wildman–Crippen LogP) is 3.84. The summed E-state index contributed by atoms with van der Waals surface area (Å²) in [6, 6.07) is 23.1. The monoisotopic (exact) mass is 643 g/mol. The second-order valence-corrected chi connectivity index (χ2v) is 12.7. The number of hydrogen-bond donors (Lipinski definition) is 3. The van der Waals surface area contributed by atoms with E-state index in [-0.39, 0.29) is 29.6 Å². The van der Waals surface area contributed by atoms with Crippen molar-refractivity contribution >= 4 is 37.6 Å². The first-order valence-electron chi connectivity index (χ1n) is 13.4. The van der Waals surface area contributed by atoms with Gasteiger partial charge in [-0.05, 0) is 73.9 Å². The van der Waals surface area contributed by atoms with Crippen molar-refractivity contribution in [2.24, 2.45) is 4.99 Å². The van der Waals surface area contributed by atoms with Gasteiger partial charge in [0.1, 0.15) is 11.9 Å². The van der Waals surface area contributed by atoms with Crippen molar-refractivity contribution in [3.8, 4) is 5.75 Å². The Morgan fingerprint density at radius 2 is 1.78 bits per heavy atom. The van der Waals surface area contributed by atoms with E-state index in [1.54, 1.807) is 61.5 Å². The zero-order valence-corrected chi connectivity index (χ0v) is 25.2. The Labute approximate surface area is 249 Å². The third kappa shape index (κ3) is 7.94. The van der Waals surface area contributed by atoms with E-state index < -0.39 is 27.4 Å². The van der Waals surface area contributed by atoms with Crippen LogP contribution in [0.3, 0.4) is 0 Å². The zero-order chi connectivity index (χ0) is 29.3. The molecule has 218 valence electrons.